The molecule has 1 aliphatic rings. The fraction of sp³-hybridized carbons (Fsp3) is 0.500. The van der Waals surface area contributed by atoms with Gasteiger partial charge < -0.3 is 20.1 Å². The molecule has 1 aliphatic carbocycles. The molecule has 1 saturated carbocycles. The van der Waals surface area contributed by atoms with Gasteiger partial charge in [-0.25, -0.2) is 0 Å². The van der Waals surface area contributed by atoms with Crippen molar-refractivity contribution in [2.45, 2.75) is 50.7 Å². The second kappa shape index (κ2) is 11.9. The largest absolute Gasteiger partial charge is 0.491 e. The van der Waals surface area contributed by atoms with Crippen LogP contribution >= 0.6 is 11.6 Å². The van der Waals surface area contributed by atoms with E-state index in [-0.39, 0.29) is 18.9 Å². The number of aliphatic hydroxyl groups is 2. The topological polar surface area (TPSA) is 87.0 Å². The van der Waals surface area contributed by atoms with Crippen LogP contribution in [-0.4, -0.2) is 40.1 Å². The number of aliphatic carboxylic acids is 1. The third-order valence-corrected chi connectivity index (χ3v) is 5.20. The molecule has 0 amide bonds. The molecule has 0 radical (unpaired) electrons. The van der Waals surface area contributed by atoms with Crippen molar-refractivity contribution < 1.29 is 24.9 Å². The van der Waals surface area contributed by atoms with Crippen LogP contribution < -0.4 is 4.74 Å². The highest BCUT2D eigenvalue weighted by Crippen LogP contribution is 2.36. The first-order valence-corrected chi connectivity index (χ1v) is 10.1. The van der Waals surface area contributed by atoms with Crippen LogP contribution in [0.3, 0.4) is 0 Å². The summed E-state index contributed by atoms with van der Waals surface area (Å²) in [5, 5.41) is 29.6. The van der Waals surface area contributed by atoms with Crippen molar-refractivity contribution in [3.05, 3.63) is 53.6 Å². The smallest absolute Gasteiger partial charge is 0.303 e. The predicted molar refractivity (Wildman–Crippen MR) is 110 cm³/mol. The maximum Gasteiger partial charge on any atom is 0.303 e. The molecule has 1 aromatic carbocycles. The maximum atomic E-state index is 10.5. The molecule has 1 aromatic rings. The average Bonchev–Trinajstić information content (AvgIpc) is 3.00. The monoisotopic (exact) mass is 408 g/mol. The zero-order valence-electron chi connectivity index (χ0n) is 15.9. The molecule has 5 nitrogen and oxygen atoms in total. The molecule has 0 bridgehead atoms. The Hall–Kier alpha value is -1.82. The highest BCUT2D eigenvalue weighted by molar-refractivity contribution is 6.30. The highest BCUT2D eigenvalue weighted by Gasteiger charge is 2.32. The van der Waals surface area contributed by atoms with Crippen LogP contribution in [0.4, 0.5) is 0 Å². The molecular weight excluding hydrogens is 380 g/mol. The van der Waals surface area contributed by atoms with E-state index >= 15 is 0 Å². The Labute approximate surface area is 171 Å². The van der Waals surface area contributed by atoms with Crippen LogP contribution in [0.2, 0.25) is 5.02 Å². The lowest BCUT2D eigenvalue weighted by Gasteiger charge is -2.18. The molecule has 0 heterocycles. The summed E-state index contributed by atoms with van der Waals surface area (Å²) in [6.45, 7) is 0.119. The van der Waals surface area contributed by atoms with Crippen molar-refractivity contribution >= 4 is 17.6 Å². The van der Waals surface area contributed by atoms with E-state index in [1.165, 1.54) is 0 Å². The molecule has 0 saturated heterocycles. The van der Waals surface area contributed by atoms with Gasteiger partial charge in [0, 0.05) is 17.4 Å². The maximum absolute atomic E-state index is 10.5. The van der Waals surface area contributed by atoms with Gasteiger partial charge in [0.1, 0.15) is 18.5 Å². The fourth-order valence-corrected chi connectivity index (χ4v) is 3.64. The van der Waals surface area contributed by atoms with E-state index in [1.54, 1.807) is 30.3 Å². The number of rotatable bonds is 11. The molecular formula is C22H29ClO5. The number of carbonyl (C=O) groups is 1. The van der Waals surface area contributed by atoms with Crippen molar-refractivity contribution in [2.75, 3.05) is 6.61 Å². The van der Waals surface area contributed by atoms with Crippen molar-refractivity contribution in [3.8, 4) is 5.75 Å². The van der Waals surface area contributed by atoms with E-state index < -0.39 is 18.2 Å². The SMILES string of the molecule is O=C(O)CCC/C=C\C[C@H]1CC[C@H](O)[C@@H]1/C=C/[C@H](O)COc1cccc(Cl)c1. The summed E-state index contributed by atoms with van der Waals surface area (Å²) in [4.78, 5) is 10.5. The molecule has 28 heavy (non-hydrogen) atoms. The van der Waals surface area contributed by atoms with E-state index in [0.29, 0.717) is 23.1 Å². The Morgan fingerprint density at radius 3 is 2.89 bits per heavy atom. The number of ether oxygens (including phenoxy) is 1. The minimum absolute atomic E-state index is 0.00416. The molecule has 4 atom stereocenters. The zero-order valence-corrected chi connectivity index (χ0v) is 16.7. The summed E-state index contributed by atoms with van der Waals surface area (Å²) < 4.78 is 5.54. The molecule has 0 spiro atoms. The molecule has 0 unspecified atom stereocenters. The molecule has 3 N–H and O–H groups in total. The van der Waals surface area contributed by atoms with Gasteiger partial charge >= 0.3 is 5.97 Å². The minimum Gasteiger partial charge on any atom is -0.491 e. The molecule has 1 fully saturated rings. The lowest BCUT2D eigenvalue weighted by atomic mass is 9.91. The van der Waals surface area contributed by atoms with Gasteiger partial charge in [-0.15, -0.1) is 0 Å². The molecule has 0 aromatic heterocycles. The average molecular weight is 409 g/mol. The Kier molecular flexibility index (Phi) is 9.55. The van der Waals surface area contributed by atoms with Gasteiger partial charge in [0.15, 0.2) is 0 Å². The van der Waals surface area contributed by atoms with Crippen LogP contribution in [0.25, 0.3) is 0 Å². The van der Waals surface area contributed by atoms with Crippen LogP contribution in [0, 0.1) is 11.8 Å². The van der Waals surface area contributed by atoms with E-state index in [9.17, 15) is 15.0 Å². The first-order chi connectivity index (χ1) is 13.5. The summed E-state index contributed by atoms with van der Waals surface area (Å²) in [7, 11) is 0. The highest BCUT2D eigenvalue weighted by atomic mass is 35.5. The number of hydrogen-bond donors (Lipinski definition) is 3. The van der Waals surface area contributed by atoms with Crippen LogP contribution in [-0.2, 0) is 4.79 Å². The number of carboxylic acid groups (broad SMARTS) is 1. The van der Waals surface area contributed by atoms with E-state index in [2.05, 4.69) is 6.08 Å². The van der Waals surface area contributed by atoms with Crippen LogP contribution in [0.15, 0.2) is 48.6 Å². The standard InChI is InChI=1S/C22H29ClO5/c23-17-7-5-8-19(14-17)28-15-18(24)11-12-20-16(10-13-21(20)25)6-3-1-2-4-9-22(26)27/h1,3,5,7-8,11-12,14,16,18,20-21,24-25H,2,4,6,9-10,13,15H2,(H,26,27)/b3-1-,12-11+/t16-,18-,20+,21-/m0/s1. The Morgan fingerprint density at radius 2 is 2.14 bits per heavy atom. The van der Waals surface area contributed by atoms with E-state index in [4.69, 9.17) is 21.4 Å². The summed E-state index contributed by atoms with van der Waals surface area (Å²) in [5.74, 6) is 0.162. The lowest BCUT2D eigenvalue weighted by Crippen LogP contribution is -2.19. The number of halogens is 1. The quantitative estimate of drug-likeness (QED) is 0.377. The molecule has 0 aliphatic heterocycles. The summed E-state index contributed by atoms with van der Waals surface area (Å²) in [6, 6.07) is 7.01. The van der Waals surface area contributed by atoms with Gasteiger partial charge in [-0.05, 0) is 56.2 Å². The number of benzene rings is 1. The van der Waals surface area contributed by atoms with Gasteiger partial charge in [0.05, 0.1) is 6.10 Å². The first kappa shape index (κ1) is 22.5. The van der Waals surface area contributed by atoms with Crippen LogP contribution in [0.1, 0.15) is 38.5 Å². The summed E-state index contributed by atoms with van der Waals surface area (Å²) >= 11 is 5.91. The molecule has 154 valence electrons. The number of unbranched alkanes of at least 4 members (excludes halogenated alkanes) is 1. The van der Waals surface area contributed by atoms with E-state index in [1.807, 2.05) is 12.2 Å². The van der Waals surface area contributed by atoms with Crippen LogP contribution in [0.5, 0.6) is 5.75 Å². The Balaban J connectivity index is 1.77. The van der Waals surface area contributed by atoms with Crippen molar-refractivity contribution in [1.82, 2.24) is 0 Å². The number of hydrogen-bond acceptors (Lipinski definition) is 4. The lowest BCUT2D eigenvalue weighted by molar-refractivity contribution is -0.137. The van der Waals surface area contributed by atoms with Gasteiger partial charge in [-0.3, -0.25) is 4.79 Å². The Bertz CT molecular complexity index is 673. The predicted octanol–water partition coefficient (Wildman–Crippen LogP) is 4.22. The fourth-order valence-electron chi connectivity index (χ4n) is 3.45. The molecule has 6 heteroatoms. The summed E-state index contributed by atoms with van der Waals surface area (Å²) in [5.41, 5.74) is 0. The van der Waals surface area contributed by atoms with Crippen molar-refractivity contribution in [3.63, 3.8) is 0 Å². The minimum atomic E-state index is -0.768. The van der Waals surface area contributed by atoms with Gasteiger partial charge in [-0.1, -0.05) is 42.0 Å². The molecule has 2 rings (SSSR count). The summed E-state index contributed by atoms with van der Waals surface area (Å²) in [6.07, 6.45) is 10.6. The second-order valence-electron chi connectivity index (χ2n) is 7.20. The Morgan fingerprint density at radius 1 is 1.32 bits per heavy atom. The van der Waals surface area contributed by atoms with E-state index in [0.717, 1.165) is 25.7 Å². The van der Waals surface area contributed by atoms with Crippen molar-refractivity contribution in [2.24, 2.45) is 11.8 Å². The number of carboxylic acids is 1. The third-order valence-electron chi connectivity index (χ3n) is 4.96. The normalized spacial score (nSPS) is 23.5. The van der Waals surface area contributed by atoms with Gasteiger partial charge in [-0.2, -0.15) is 0 Å². The second-order valence-corrected chi connectivity index (χ2v) is 7.63. The number of aliphatic hydroxyl groups excluding tert-OH is 2. The van der Waals surface area contributed by atoms with Gasteiger partial charge in [0.25, 0.3) is 0 Å². The van der Waals surface area contributed by atoms with Crippen molar-refractivity contribution in [1.29, 1.82) is 0 Å². The first-order valence-electron chi connectivity index (χ1n) is 9.75. The number of allylic oxidation sites excluding steroid dienone is 2. The van der Waals surface area contributed by atoms with Gasteiger partial charge in [0.2, 0.25) is 0 Å². The zero-order chi connectivity index (χ0) is 20.4. The third kappa shape index (κ3) is 8.05.